The van der Waals surface area contributed by atoms with Gasteiger partial charge in [-0.2, -0.15) is 5.10 Å². The van der Waals surface area contributed by atoms with Crippen LogP contribution in [-0.2, 0) is 0 Å². The molecule has 0 unspecified atom stereocenters. The second kappa shape index (κ2) is 4.24. The maximum atomic E-state index is 12.2. The summed E-state index contributed by atoms with van der Waals surface area (Å²) in [5.41, 5.74) is 6.91. The van der Waals surface area contributed by atoms with E-state index in [1.165, 1.54) is 44.7 Å². The van der Waals surface area contributed by atoms with Gasteiger partial charge in [0.2, 0.25) is 0 Å². The number of nitrogens with one attached hydrogen (secondary N) is 2. The quantitative estimate of drug-likeness (QED) is 0.787. The minimum atomic E-state index is -0.115. The molecule has 4 bridgehead atoms. The number of nitrogens with zero attached hydrogens (tertiary/aromatic N) is 1. The van der Waals surface area contributed by atoms with Crippen LogP contribution < -0.4 is 11.1 Å². The van der Waals surface area contributed by atoms with Crippen LogP contribution in [0.2, 0.25) is 0 Å². The van der Waals surface area contributed by atoms with Gasteiger partial charge in [-0.25, -0.2) is 0 Å². The van der Waals surface area contributed by atoms with Gasteiger partial charge in [0.1, 0.15) is 5.69 Å². The molecule has 4 N–H and O–H groups in total. The second-order valence-electron chi connectivity index (χ2n) is 7.30. The summed E-state index contributed by atoms with van der Waals surface area (Å²) in [5, 5.41) is 9.58. The zero-order valence-corrected chi connectivity index (χ0v) is 11.7. The number of nitrogen functional groups attached to an aromatic ring is 1. The number of nitrogens with two attached hydrogens (primary N) is 1. The molecule has 1 heterocycles. The Hall–Kier alpha value is -1.52. The number of carbonyl (C=O) groups excluding carboxylic acids is 1. The van der Waals surface area contributed by atoms with Crippen LogP contribution in [0.1, 0.15) is 49.0 Å². The smallest absolute Gasteiger partial charge is 0.271 e. The van der Waals surface area contributed by atoms with E-state index in [4.69, 9.17) is 5.73 Å². The molecule has 5 heteroatoms. The molecule has 5 nitrogen and oxygen atoms in total. The van der Waals surface area contributed by atoms with Crippen molar-refractivity contribution in [3.63, 3.8) is 0 Å². The molecule has 1 aromatic rings. The van der Waals surface area contributed by atoms with E-state index < -0.39 is 0 Å². The minimum absolute atomic E-state index is 0.115. The van der Waals surface area contributed by atoms with Crippen LogP contribution in [0.25, 0.3) is 0 Å². The van der Waals surface area contributed by atoms with Crippen molar-refractivity contribution in [2.75, 3.05) is 12.3 Å². The van der Waals surface area contributed by atoms with Crippen LogP contribution in [-0.4, -0.2) is 22.6 Å². The van der Waals surface area contributed by atoms with Crippen molar-refractivity contribution < 1.29 is 4.79 Å². The van der Waals surface area contributed by atoms with E-state index in [0.29, 0.717) is 16.8 Å². The van der Waals surface area contributed by atoms with Crippen molar-refractivity contribution >= 4 is 11.6 Å². The van der Waals surface area contributed by atoms with Crippen molar-refractivity contribution in [1.82, 2.24) is 15.5 Å². The molecular formula is C15H22N4O. The molecule has 0 atom stereocenters. The normalized spacial score (nSPS) is 38.1. The van der Waals surface area contributed by atoms with Gasteiger partial charge in [0.25, 0.3) is 5.91 Å². The first-order valence-electron chi connectivity index (χ1n) is 7.71. The molecule has 5 rings (SSSR count). The van der Waals surface area contributed by atoms with Gasteiger partial charge in [-0.1, -0.05) is 0 Å². The largest absolute Gasteiger partial charge is 0.396 e. The molecule has 20 heavy (non-hydrogen) atoms. The van der Waals surface area contributed by atoms with Gasteiger partial charge in [0.15, 0.2) is 0 Å². The van der Waals surface area contributed by atoms with Gasteiger partial charge in [-0.05, 0) is 61.7 Å². The summed E-state index contributed by atoms with van der Waals surface area (Å²) in [6.45, 7) is 0.799. The van der Waals surface area contributed by atoms with Crippen LogP contribution in [0.3, 0.4) is 0 Å². The van der Waals surface area contributed by atoms with E-state index in [1.807, 2.05) is 0 Å². The lowest BCUT2D eigenvalue weighted by Crippen LogP contribution is -2.51. The topological polar surface area (TPSA) is 83.8 Å². The van der Waals surface area contributed by atoms with E-state index in [9.17, 15) is 4.79 Å². The predicted molar refractivity (Wildman–Crippen MR) is 75.9 cm³/mol. The van der Waals surface area contributed by atoms with Crippen LogP contribution in [0.15, 0.2) is 6.20 Å². The Labute approximate surface area is 118 Å². The molecule has 0 saturated heterocycles. The first-order chi connectivity index (χ1) is 9.63. The monoisotopic (exact) mass is 274 g/mol. The number of anilines is 1. The lowest BCUT2D eigenvalue weighted by molar-refractivity contribution is -0.0503. The lowest BCUT2D eigenvalue weighted by atomic mass is 9.49. The standard InChI is InChI=1S/C15H22N4O/c16-12-7-18-19-13(12)14(20)17-8-15-4-9-1-10(5-15)3-11(2-9)6-15/h7,9-11H,1-6,8,16H2,(H,17,20)(H,18,19). The van der Waals surface area contributed by atoms with Crippen LogP contribution in [0.4, 0.5) is 5.69 Å². The number of hydrogen-bond acceptors (Lipinski definition) is 3. The summed E-state index contributed by atoms with van der Waals surface area (Å²) in [5.74, 6) is 2.62. The molecule has 1 amide bonds. The molecule has 4 aliphatic carbocycles. The second-order valence-corrected chi connectivity index (χ2v) is 7.30. The highest BCUT2D eigenvalue weighted by atomic mass is 16.1. The maximum Gasteiger partial charge on any atom is 0.271 e. The van der Waals surface area contributed by atoms with Crippen molar-refractivity contribution in [2.24, 2.45) is 23.2 Å². The first kappa shape index (κ1) is 12.2. The minimum Gasteiger partial charge on any atom is -0.396 e. The van der Waals surface area contributed by atoms with Crippen LogP contribution in [0.5, 0.6) is 0 Å². The van der Waals surface area contributed by atoms with Gasteiger partial charge in [0.05, 0.1) is 11.9 Å². The van der Waals surface area contributed by atoms with Gasteiger partial charge < -0.3 is 11.1 Å². The number of aromatic amines is 1. The summed E-state index contributed by atoms with van der Waals surface area (Å²) in [4.78, 5) is 12.2. The van der Waals surface area contributed by atoms with Crippen LogP contribution in [0, 0.1) is 23.2 Å². The Morgan fingerprint density at radius 3 is 2.40 bits per heavy atom. The highest BCUT2D eigenvalue weighted by Gasteiger charge is 2.50. The molecular weight excluding hydrogens is 252 g/mol. The molecule has 0 radical (unpaired) electrons. The van der Waals surface area contributed by atoms with Crippen molar-refractivity contribution in [3.05, 3.63) is 11.9 Å². The number of carbonyl (C=O) groups is 1. The average molecular weight is 274 g/mol. The third kappa shape index (κ3) is 1.91. The number of rotatable bonds is 3. The third-order valence-corrected chi connectivity index (χ3v) is 5.68. The Bertz CT molecular complexity index is 500. The number of H-pyrrole nitrogens is 1. The number of amides is 1. The van der Waals surface area contributed by atoms with Gasteiger partial charge >= 0.3 is 0 Å². The summed E-state index contributed by atoms with van der Waals surface area (Å²) >= 11 is 0. The molecule has 4 saturated carbocycles. The highest BCUT2D eigenvalue weighted by molar-refractivity contribution is 5.96. The number of hydrogen-bond donors (Lipinski definition) is 3. The summed E-state index contributed by atoms with van der Waals surface area (Å²) in [6, 6.07) is 0. The Morgan fingerprint density at radius 2 is 1.90 bits per heavy atom. The Kier molecular flexibility index (Phi) is 2.59. The van der Waals surface area contributed by atoms with E-state index in [-0.39, 0.29) is 5.91 Å². The van der Waals surface area contributed by atoms with E-state index >= 15 is 0 Å². The molecule has 0 aliphatic heterocycles. The lowest BCUT2D eigenvalue weighted by Gasteiger charge is -2.56. The zero-order chi connectivity index (χ0) is 13.7. The third-order valence-electron chi connectivity index (χ3n) is 5.68. The fraction of sp³-hybridized carbons (Fsp3) is 0.733. The van der Waals surface area contributed by atoms with E-state index in [1.54, 1.807) is 0 Å². The van der Waals surface area contributed by atoms with Gasteiger partial charge in [-0.15, -0.1) is 0 Å². The van der Waals surface area contributed by atoms with Crippen molar-refractivity contribution in [1.29, 1.82) is 0 Å². The first-order valence-corrected chi connectivity index (χ1v) is 7.71. The predicted octanol–water partition coefficient (Wildman–Crippen LogP) is 1.94. The molecule has 0 aromatic carbocycles. The number of aromatic nitrogens is 2. The van der Waals surface area contributed by atoms with Crippen molar-refractivity contribution in [2.45, 2.75) is 38.5 Å². The average Bonchev–Trinajstić information content (AvgIpc) is 2.81. The molecule has 108 valence electrons. The van der Waals surface area contributed by atoms with Crippen molar-refractivity contribution in [3.8, 4) is 0 Å². The zero-order valence-electron chi connectivity index (χ0n) is 11.7. The highest BCUT2D eigenvalue weighted by Crippen LogP contribution is 2.59. The van der Waals surface area contributed by atoms with E-state index in [0.717, 1.165) is 24.3 Å². The van der Waals surface area contributed by atoms with Gasteiger partial charge in [0, 0.05) is 6.54 Å². The fourth-order valence-electron chi connectivity index (χ4n) is 5.34. The molecule has 0 spiro atoms. The summed E-state index contributed by atoms with van der Waals surface area (Å²) in [7, 11) is 0. The molecule has 4 fully saturated rings. The summed E-state index contributed by atoms with van der Waals surface area (Å²) < 4.78 is 0. The Balaban J connectivity index is 1.45. The fourth-order valence-corrected chi connectivity index (χ4v) is 5.34. The van der Waals surface area contributed by atoms with Crippen LogP contribution >= 0.6 is 0 Å². The SMILES string of the molecule is Nc1cn[nH]c1C(=O)NCC12CC3CC(CC(C3)C1)C2. The Morgan fingerprint density at radius 1 is 1.30 bits per heavy atom. The molecule has 1 aromatic heterocycles. The van der Waals surface area contributed by atoms with Gasteiger partial charge in [-0.3, -0.25) is 9.89 Å². The summed E-state index contributed by atoms with van der Waals surface area (Å²) in [6.07, 6.45) is 9.69. The van der Waals surface area contributed by atoms with E-state index in [2.05, 4.69) is 15.5 Å². The maximum absolute atomic E-state index is 12.2. The molecule has 4 aliphatic rings.